The highest BCUT2D eigenvalue weighted by Gasteiger charge is 2.17. The molecular formula is C16H16FN3O2S. The van der Waals surface area contributed by atoms with E-state index < -0.39 is 0 Å². The summed E-state index contributed by atoms with van der Waals surface area (Å²) in [6.45, 7) is 2.20. The van der Waals surface area contributed by atoms with Gasteiger partial charge in [-0.1, -0.05) is 12.1 Å². The monoisotopic (exact) mass is 333 g/mol. The van der Waals surface area contributed by atoms with Gasteiger partial charge in [0.15, 0.2) is 0 Å². The largest absolute Gasteiger partial charge is 0.496 e. The molecule has 0 aliphatic carbocycles. The van der Waals surface area contributed by atoms with E-state index in [1.54, 1.807) is 12.1 Å². The Morgan fingerprint density at radius 3 is 2.91 bits per heavy atom. The van der Waals surface area contributed by atoms with E-state index in [2.05, 4.69) is 15.5 Å². The third kappa shape index (κ3) is 3.40. The fraction of sp³-hybridized carbons (Fsp3) is 0.250. The second kappa shape index (κ2) is 6.89. The molecule has 0 aliphatic rings. The van der Waals surface area contributed by atoms with Gasteiger partial charge in [0.2, 0.25) is 5.89 Å². The van der Waals surface area contributed by atoms with Crippen LogP contribution >= 0.6 is 11.3 Å². The van der Waals surface area contributed by atoms with E-state index in [1.807, 2.05) is 24.4 Å². The first-order valence-electron chi connectivity index (χ1n) is 7.11. The van der Waals surface area contributed by atoms with E-state index in [0.29, 0.717) is 29.6 Å². The Balaban J connectivity index is 1.69. The molecule has 0 bridgehead atoms. The van der Waals surface area contributed by atoms with E-state index in [-0.39, 0.29) is 11.9 Å². The van der Waals surface area contributed by atoms with Gasteiger partial charge in [-0.3, -0.25) is 0 Å². The van der Waals surface area contributed by atoms with E-state index in [4.69, 9.17) is 9.15 Å². The maximum atomic E-state index is 14.0. The van der Waals surface area contributed by atoms with Crippen LogP contribution in [0, 0.1) is 5.82 Å². The third-order valence-electron chi connectivity index (χ3n) is 3.42. The van der Waals surface area contributed by atoms with Crippen molar-refractivity contribution in [1.82, 2.24) is 15.5 Å². The van der Waals surface area contributed by atoms with Crippen molar-refractivity contribution >= 4 is 11.3 Å². The Hall–Kier alpha value is -2.25. The summed E-state index contributed by atoms with van der Waals surface area (Å²) < 4.78 is 24.9. The Morgan fingerprint density at radius 2 is 2.17 bits per heavy atom. The number of ether oxygens (including phenoxy) is 1. The molecule has 0 spiro atoms. The number of hydrogen-bond donors (Lipinski definition) is 1. The molecule has 7 heteroatoms. The van der Waals surface area contributed by atoms with E-state index in [9.17, 15) is 4.39 Å². The van der Waals surface area contributed by atoms with Crippen LogP contribution in [0.2, 0.25) is 0 Å². The van der Waals surface area contributed by atoms with Crippen molar-refractivity contribution < 1.29 is 13.5 Å². The smallest absolute Gasteiger partial charge is 0.257 e. The first kappa shape index (κ1) is 15.6. The summed E-state index contributed by atoms with van der Waals surface area (Å²) in [5.41, 5.74) is 0.480. The molecule has 0 aliphatic heterocycles. The van der Waals surface area contributed by atoms with Crippen molar-refractivity contribution in [2.75, 3.05) is 7.11 Å². The predicted octanol–water partition coefficient (Wildman–Crippen LogP) is 3.80. The molecule has 3 rings (SSSR count). The quantitative estimate of drug-likeness (QED) is 0.743. The SMILES string of the molecule is COc1cccc(F)c1[C@H](C)NCc1nnc(-c2cccs2)o1. The number of halogens is 1. The molecule has 0 saturated heterocycles. The molecule has 5 nitrogen and oxygen atoms in total. The van der Waals surface area contributed by atoms with Crippen LogP contribution in [0.3, 0.4) is 0 Å². The first-order chi connectivity index (χ1) is 11.2. The van der Waals surface area contributed by atoms with Crippen LogP contribution in [0.1, 0.15) is 24.4 Å². The van der Waals surface area contributed by atoms with E-state index in [0.717, 1.165) is 4.88 Å². The number of methoxy groups -OCH3 is 1. The number of nitrogens with zero attached hydrogens (tertiary/aromatic N) is 2. The molecule has 0 unspecified atom stereocenters. The average Bonchev–Trinajstić information content (AvgIpc) is 3.23. The number of rotatable bonds is 6. The van der Waals surface area contributed by atoms with Crippen LogP contribution in [0.5, 0.6) is 5.75 Å². The van der Waals surface area contributed by atoms with Gasteiger partial charge in [0.25, 0.3) is 5.89 Å². The minimum atomic E-state index is -0.311. The fourth-order valence-electron chi connectivity index (χ4n) is 2.28. The number of hydrogen-bond acceptors (Lipinski definition) is 6. The summed E-state index contributed by atoms with van der Waals surface area (Å²) in [5, 5.41) is 13.1. The number of aromatic nitrogens is 2. The maximum absolute atomic E-state index is 14.0. The Labute approximate surface area is 137 Å². The fourth-order valence-corrected chi connectivity index (χ4v) is 2.93. The van der Waals surface area contributed by atoms with Crippen molar-refractivity contribution in [3.8, 4) is 16.5 Å². The van der Waals surface area contributed by atoms with Crippen molar-refractivity contribution in [2.24, 2.45) is 0 Å². The van der Waals surface area contributed by atoms with Crippen LogP contribution < -0.4 is 10.1 Å². The van der Waals surface area contributed by atoms with Crippen molar-refractivity contribution in [3.05, 3.63) is 53.0 Å². The van der Waals surface area contributed by atoms with Crippen LogP contribution in [-0.2, 0) is 6.54 Å². The minimum Gasteiger partial charge on any atom is -0.496 e. The molecule has 0 saturated carbocycles. The van der Waals surface area contributed by atoms with Gasteiger partial charge in [0.05, 0.1) is 18.5 Å². The normalized spacial score (nSPS) is 12.3. The molecule has 0 amide bonds. The lowest BCUT2D eigenvalue weighted by molar-refractivity contribution is 0.388. The van der Waals surface area contributed by atoms with E-state index in [1.165, 1.54) is 24.5 Å². The van der Waals surface area contributed by atoms with Crippen molar-refractivity contribution in [3.63, 3.8) is 0 Å². The highest BCUT2D eigenvalue weighted by molar-refractivity contribution is 7.13. The maximum Gasteiger partial charge on any atom is 0.257 e. The summed E-state index contributed by atoms with van der Waals surface area (Å²) in [4.78, 5) is 0.924. The standard InChI is InChI=1S/C16H16FN3O2S/c1-10(15-11(17)5-3-6-12(15)21-2)18-9-14-19-20-16(22-14)13-7-4-8-23-13/h3-8,10,18H,9H2,1-2H3/t10-/m0/s1. The molecule has 2 heterocycles. The topological polar surface area (TPSA) is 60.2 Å². The van der Waals surface area contributed by atoms with Crippen LogP contribution in [-0.4, -0.2) is 17.3 Å². The summed E-state index contributed by atoms with van der Waals surface area (Å²) in [6.07, 6.45) is 0. The molecule has 1 aromatic carbocycles. The molecule has 1 N–H and O–H groups in total. The van der Waals surface area contributed by atoms with Crippen LogP contribution in [0.15, 0.2) is 40.1 Å². The third-order valence-corrected chi connectivity index (χ3v) is 4.28. The second-order valence-electron chi connectivity index (χ2n) is 4.94. The number of nitrogens with one attached hydrogen (secondary N) is 1. The highest BCUT2D eigenvalue weighted by Crippen LogP contribution is 2.28. The van der Waals surface area contributed by atoms with Crippen molar-refractivity contribution in [2.45, 2.75) is 19.5 Å². The first-order valence-corrected chi connectivity index (χ1v) is 7.99. The van der Waals surface area contributed by atoms with Gasteiger partial charge < -0.3 is 14.5 Å². The molecule has 120 valence electrons. The van der Waals surface area contributed by atoms with Gasteiger partial charge >= 0.3 is 0 Å². The van der Waals surface area contributed by atoms with E-state index >= 15 is 0 Å². The predicted molar refractivity (Wildman–Crippen MR) is 85.8 cm³/mol. The zero-order valence-electron chi connectivity index (χ0n) is 12.7. The summed E-state index contributed by atoms with van der Waals surface area (Å²) in [7, 11) is 1.52. The van der Waals surface area contributed by atoms with Gasteiger partial charge in [-0.2, -0.15) is 0 Å². The molecule has 0 fully saturated rings. The summed E-state index contributed by atoms with van der Waals surface area (Å²) >= 11 is 1.53. The molecule has 0 radical (unpaired) electrons. The van der Waals surface area contributed by atoms with Crippen LogP contribution in [0.25, 0.3) is 10.8 Å². The zero-order valence-corrected chi connectivity index (χ0v) is 13.6. The zero-order chi connectivity index (χ0) is 16.2. The van der Waals surface area contributed by atoms with Gasteiger partial charge in [-0.05, 0) is 30.5 Å². The van der Waals surface area contributed by atoms with Crippen molar-refractivity contribution in [1.29, 1.82) is 0 Å². The molecular weight excluding hydrogens is 317 g/mol. The Morgan fingerprint density at radius 1 is 1.30 bits per heavy atom. The Bertz CT molecular complexity index is 773. The number of thiophene rings is 1. The second-order valence-corrected chi connectivity index (χ2v) is 5.88. The van der Waals surface area contributed by atoms with Gasteiger partial charge in [0.1, 0.15) is 11.6 Å². The molecule has 3 aromatic rings. The summed E-state index contributed by atoms with van der Waals surface area (Å²) in [5.74, 6) is 1.15. The van der Waals surface area contributed by atoms with Crippen LogP contribution in [0.4, 0.5) is 4.39 Å². The Kier molecular flexibility index (Phi) is 4.68. The molecule has 23 heavy (non-hydrogen) atoms. The van der Waals surface area contributed by atoms with Gasteiger partial charge in [0, 0.05) is 11.6 Å². The molecule has 2 aromatic heterocycles. The van der Waals surface area contributed by atoms with Gasteiger partial charge in [-0.15, -0.1) is 21.5 Å². The van der Waals surface area contributed by atoms with Gasteiger partial charge in [-0.25, -0.2) is 4.39 Å². The average molecular weight is 333 g/mol. The minimum absolute atomic E-state index is 0.261. The highest BCUT2D eigenvalue weighted by atomic mass is 32.1. The lowest BCUT2D eigenvalue weighted by atomic mass is 10.1. The molecule has 1 atom stereocenters. The lowest BCUT2D eigenvalue weighted by Crippen LogP contribution is -2.20. The number of benzene rings is 1. The summed E-state index contributed by atoms with van der Waals surface area (Å²) in [6, 6.07) is 8.35. The lowest BCUT2D eigenvalue weighted by Gasteiger charge is -2.17.